The van der Waals surface area contributed by atoms with Gasteiger partial charge in [-0.25, -0.2) is 9.97 Å². The van der Waals surface area contributed by atoms with Crippen LogP contribution in [0.25, 0.3) is 17.3 Å². The Kier molecular flexibility index (Phi) is 11.9. The molecular weight excluding hydrogens is 819 g/mol. The lowest BCUT2D eigenvalue weighted by Crippen LogP contribution is -2.57. The number of nitrogens with one attached hydrogen (secondary N) is 1. The van der Waals surface area contributed by atoms with Gasteiger partial charge in [-0.2, -0.15) is 0 Å². The van der Waals surface area contributed by atoms with Crippen molar-refractivity contribution in [2.45, 2.75) is 91.5 Å². The van der Waals surface area contributed by atoms with Crippen molar-refractivity contribution in [3.8, 4) is 11.3 Å². The van der Waals surface area contributed by atoms with Crippen LogP contribution in [0.3, 0.4) is 0 Å². The van der Waals surface area contributed by atoms with E-state index in [-0.39, 0.29) is 28.7 Å². The maximum atomic E-state index is 14.0. The third-order valence-electron chi connectivity index (χ3n) is 13.8. The van der Waals surface area contributed by atoms with E-state index < -0.39 is 12.5 Å². The van der Waals surface area contributed by atoms with Crippen LogP contribution >= 0.6 is 0 Å². The van der Waals surface area contributed by atoms with Crippen molar-refractivity contribution in [2.75, 3.05) is 59.3 Å². The number of aromatic nitrogens is 5. The summed E-state index contributed by atoms with van der Waals surface area (Å²) in [7, 11) is 1.65. The molecule has 15 heteroatoms. The number of carbonyl (C=O) groups excluding carboxylic acids is 2. The van der Waals surface area contributed by atoms with Crippen molar-refractivity contribution < 1.29 is 14.7 Å². The molecule has 1 aromatic carbocycles. The predicted molar refractivity (Wildman–Crippen MR) is 256 cm³/mol. The topological polar surface area (TPSA) is 171 Å². The summed E-state index contributed by atoms with van der Waals surface area (Å²) in [6, 6.07) is 14.7. The molecule has 4 aliphatic rings. The van der Waals surface area contributed by atoms with Crippen LogP contribution in [0.2, 0.25) is 0 Å². The van der Waals surface area contributed by atoms with E-state index in [1.54, 1.807) is 36.5 Å². The largest absolute Gasteiger partial charge is 0.392 e. The molecule has 1 aliphatic carbocycles. The maximum absolute atomic E-state index is 14.0. The molecule has 2 amide bonds. The summed E-state index contributed by atoms with van der Waals surface area (Å²) in [6.45, 7) is 16.4. The van der Waals surface area contributed by atoms with Crippen molar-refractivity contribution in [2.24, 2.45) is 18.2 Å². The quantitative estimate of drug-likeness (QED) is 0.136. The van der Waals surface area contributed by atoms with Gasteiger partial charge in [0.15, 0.2) is 5.82 Å². The van der Waals surface area contributed by atoms with Crippen molar-refractivity contribution in [1.82, 2.24) is 29.0 Å². The van der Waals surface area contributed by atoms with Crippen LogP contribution in [0.15, 0.2) is 71.9 Å². The molecule has 3 aliphatic heterocycles. The molecule has 0 spiro atoms. The van der Waals surface area contributed by atoms with E-state index in [0.29, 0.717) is 59.1 Å². The van der Waals surface area contributed by atoms with E-state index in [2.05, 4.69) is 81.3 Å². The average Bonchev–Trinajstić information content (AvgIpc) is 3.79. The number of amides is 2. The lowest BCUT2D eigenvalue weighted by Gasteiger charge is -2.47. The number of aryl methyl sites for hydroxylation is 1. The number of hydrogen-bond donors (Lipinski definition) is 3. The van der Waals surface area contributed by atoms with Gasteiger partial charge in [0.05, 0.1) is 12.3 Å². The first-order valence-corrected chi connectivity index (χ1v) is 23.0. The van der Waals surface area contributed by atoms with Crippen molar-refractivity contribution in [3.05, 3.63) is 111 Å². The first-order chi connectivity index (χ1) is 31.2. The normalized spacial score (nSPS) is 19.0. The Hall–Kier alpha value is -6.32. The fraction of sp³-hybridized carbons (Fsp3) is 0.440. The number of aliphatic hydroxyl groups excluding tert-OH is 1. The number of nitrogens with two attached hydrogens (primary N) is 1. The highest BCUT2D eigenvalue weighted by Crippen LogP contribution is 2.40. The summed E-state index contributed by atoms with van der Waals surface area (Å²) in [4.78, 5) is 62.9. The summed E-state index contributed by atoms with van der Waals surface area (Å²) in [5.74, 6) is 0.130. The van der Waals surface area contributed by atoms with Crippen LogP contribution in [0.1, 0.15) is 91.9 Å². The van der Waals surface area contributed by atoms with Crippen LogP contribution in [-0.4, -0.2) is 97.3 Å². The second-order valence-corrected chi connectivity index (χ2v) is 19.3. The molecule has 4 N–H and O–H groups in total. The van der Waals surface area contributed by atoms with Gasteiger partial charge in [-0.1, -0.05) is 27.7 Å². The number of carbonyl (C=O) groups is 2. The molecule has 0 saturated carbocycles. The van der Waals surface area contributed by atoms with Gasteiger partial charge in [0.1, 0.15) is 11.5 Å². The highest BCUT2D eigenvalue weighted by molar-refractivity contribution is 6.06. The highest BCUT2D eigenvalue weighted by Gasteiger charge is 2.38. The second-order valence-electron chi connectivity index (χ2n) is 19.3. The molecule has 9 rings (SSSR count). The van der Waals surface area contributed by atoms with Gasteiger partial charge in [-0.15, -0.1) is 0 Å². The molecule has 340 valence electrons. The van der Waals surface area contributed by atoms with E-state index in [1.807, 2.05) is 30.5 Å². The van der Waals surface area contributed by atoms with E-state index in [4.69, 9.17) is 10.7 Å². The minimum Gasteiger partial charge on any atom is -0.392 e. The molecule has 65 heavy (non-hydrogen) atoms. The van der Waals surface area contributed by atoms with Crippen LogP contribution in [-0.2, 0) is 37.8 Å². The standard InChI is InChI=1S/C50H61N11O4/c1-31(2)40-25-37(11-15-52-40)57-17-13-36(14-18-57)58-19-20-59(32(3)28-58)42-9-8-35(23-33(42)7-10-45(51)63)54-46-49(65)56(6)29-41(55-46)38-12-16-53-47(39(38)30-62)61-22-21-60-43(48(61)64)24-34-26-50(4,5)27-44(34)60/h7-12,15-16,23-25,29,31-32,36,62H,13-14,17-22,26-28,30H2,1-6H3,(H2,51,63)(H,54,55)/t32-/m0/s1. The zero-order chi connectivity index (χ0) is 45.7. The van der Waals surface area contributed by atoms with Gasteiger partial charge in [-0.3, -0.25) is 29.2 Å². The summed E-state index contributed by atoms with van der Waals surface area (Å²) < 4.78 is 3.60. The summed E-state index contributed by atoms with van der Waals surface area (Å²) in [5.41, 5.74) is 14.7. The van der Waals surface area contributed by atoms with Gasteiger partial charge in [-0.05, 0) is 98.0 Å². The van der Waals surface area contributed by atoms with Gasteiger partial charge >= 0.3 is 0 Å². The molecule has 2 saturated heterocycles. The number of pyridine rings is 2. The van der Waals surface area contributed by atoms with E-state index >= 15 is 0 Å². The molecule has 2 fully saturated rings. The zero-order valence-electron chi connectivity index (χ0n) is 38.4. The maximum Gasteiger partial charge on any atom is 0.293 e. The third kappa shape index (κ3) is 8.66. The molecule has 7 heterocycles. The number of benzene rings is 1. The summed E-state index contributed by atoms with van der Waals surface area (Å²) in [6.07, 6.45) is 12.3. The first-order valence-electron chi connectivity index (χ1n) is 23.0. The van der Waals surface area contributed by atoms with Crippen molar-refractivity contribution in [3.63, 3.8) is 0 Å². The monoisotopic (exact) mass is 879 g/mol. The predicted octanol–water partition coefficient (Wildman–Crippen LogP) is 5.86. The van der Waals surface area contributed by atoms with Crippen LogP contribution in [0.4, 0.5) is 28.7 Å². The van der Waals surface area contributed by atoms with E-state index in [1.165, 1.54) is 27.6 Å². The smallest absolute Gasteiger partial charge is 0.293 e. The average molecular weight is 880 g/mol. The lowest BCUT2D eigenvalue weighted by atomic mass is 9.90. The van der Waals surface area contributed by atoms with Crippen LogP contribution in [0, 0.1) is 5.41 Å². The number of rotatable bonds is 11. The van der Waals surface area contributed by atoms with Gasteiger partial charge in [0.25, 0.3) is 11.5 Å². The minimum absolute atomic E-state index is 0.0754. The Morgan fingerprint density at radius 2 is 1.77 bits per heavy atom. The van der Waals surface area contributed by atoms with Gasteiger partial charge in [0, 0.05) is 135 Å². The summed E-state index contributed by atoms with van der Waals surface area (Å²) >= 11 is 0. The van der Waals surface area contributed by atoms with Crippen molar-refractivity contribution in [1.29, 1.82) is 0 Å². The molecule has 15 nitrogen and oxygen atoms in total. The number of aliphatic hydroxyl groups is 1. The third-order valence-corrected chi connectivity index (χ3v) is 13.8. The van der Waals surface area contributed by atoms with Crippen molar-refractivity contribution >= 4 is 46.6 Å². The zero-order valence-corrected chi connectivity index (χ0v) is 38.4. The molecule has 5 aromatic rings. The molecule has 0 bridgehead atoms. The fourth-order valence-electron chi connectivity index (χ4n) is 10.5. The van der Waals surface area contributed by atoms with E-state index in [9.17, 15) is 19.5 Å². The Bertz CT molecular complexity index is 2730. The molecule has 0 unspecified atom stereocenters. The second kappa shape index (κ2) is 17.6. The van der Waals surface area contributed by atoms with E-state index in [0.717, 1.165) is 75.4 Å². The number of fused-ring (bicyclic) bond motifs is 3. The Morgan fingerprint density at radius 3 is 2.51 bits per heavy atom. The Balaban J connectivity index is 0.925. The first kappa shape index (κ1) is 43.9. The lowest BCUT2D eigenvalue weighted by molar-refractivity contribution is -0.113. The molecular formula is C50H61N11O4. The molecule has 1 atom stereocenters. The number of nitrogens with zero attached hydrogens (tertiary/aromatic N) is 9. The highest BCUT2D eigenvalue weighted by atomic mass is 16.3. The summed E-state index contributed by atoms with van der Waals surface area (Å²) in [5, 5.41) is 14.1. The van der Waals surface area contributed by atoms with Crippen LogP contribution < -0.4 is 31.3 Å². The number of piperidine rings is 1. The number of hydrogen-bond acceptors (Lipinski definition) is 11. The number of anilines is 5. The molecule has 0 radical (unpaired) electrons. The SMILES string of the molecule is CC(C)c1cc(N2CCC(N3CCN(c4ccc(Nc5nc(-c6ccnc(N7CCn8c(cc9c8CC(C)(C)C9)C7=O)c6CO)cn(C)c5=O)cc4C=CC(N)=O)[C@@H](C)C3)CC2)ccn1. The van der Waals surface area contributed by atoms with Gasteiger partial charge in [0.2, 0.25) is 5.91 Å². The fourth-order valence-corrected chi connectivity index (χ4v) is 10.5. The van der Waals surface area contributed by atoms with Crippen LogP contribution in [0.5, 0.6) is 0 Å². The van der Waals surface area contributed by atoms with Gasteiger partial charge < -0.3 is 35.1 Å². The molecule has 4 aromatic heterocycles. The Labute approximate surface area is 380 Å². The minimum atomic E-state index is -0.557. The Morgan fingerprint density at radius 1 is 0.985 bits per heavy atom. The number of piperazine rings is 1. The number of primary amides is 1.